The number of carbonyl (C=O) groups is 3. The molecule has 0 aromatic rings. The second kappa shape index (κ2) is 8.00. The molecule has 0 fully saturated rings. The summed E-state index contributed by atoms with van der Waals surface area (Å²) < 4.78 is 0. The van der Waals surface area contributed by atoms with E-state index in [0.717, 1.165) is 25.5 Å². The van der Waals surface area contributed by atoms with Gasteiger partial charge < -0.3 is 20.6 Å². The molecule has 0 heterocycles. The summed E-state index contributed by atoms with van der Waals surface area (Å²) >= 11 is 1.35. The Morgan fingerprint density at radius 3 is 2.32 bits per heavy atom. The number of rotatable bonds is 9. The molecule has 0 spiro atoms. The third-order valence-electron chi connectivity index (χ3n) is 2.39. The van der Waals surface area contributed by atoms with Crippen molar-refractivity contribution in [1.82, 2.24) is 5.32 Å². The summed E-state index contributed by atoms with van der Waals surface area (Å²) in [5.41, 5.74) is -2.64. The highest BCUT2D eigenvalue weighted by Crippen LogP contribution is 2.09. The lowest BCUT2D eigenvalue weighted by Crippen LogP contribution is -2.55. The summed E-state index contributed by atoms with van der Waals surface area (Å²) in [7, 11) is 0. The van der Waals surface area contributed by atoms with Crippen molar-refractivity contribution >= 4 is 29.6 Å². The predicted octanol–water partition coefficient (Wildman–Crippen LogP) is -0.0753. The SMILES string of the molecule is CCCCSCC(NC(=O)C(C)(O)C(=O)O)C(=O)O. The van der Waals surface area contributed by atoms with E-state index in [2.05, 4.69) is 0 Å². The predicted molar refractivity (Wildman–Crippen MR) is 70.1 cm³/mol. The van der Waals surface area contributed by atoms with E-state index in [1.54, 1.807) is 0 Å². The molecule has 0 aliphatic heterocycles. The summed E-state index contributed by atoms with van der Waals surface area (Å²) in [5.74, 6) is -3.35. The van der Waals surface area contributed by atoms with E-state index in [1.807, 2.05) is 12.2 Å². The topological polar surface area (TPSA) is 124 Å². The molecule has 8 heteroatoms. The molecule has 0 rings (SSSR count). The fourth-order valence-electron chi connectivity index (χ4n) is 1.02. The lowest BCUT2D eigenvalue weighted by atomic mass is 10.1. The Hall–Kier alpha value is -1.28. The van der Waals surface area contributed by atoms with E-state index >= 15 is 0 Å². The molecular weight excluding hydrogens is 274 g/mol. The van der Waals surface area contributed by atoms with Crippen LogP contribution in [0.3, 0.4) is 0 Å². The van der Waals surface area contributed by atoms with Crippen LogP contribution in [0.25, 0.3) is 0 Å². The van der Waals surface area contributed by atoms with E-state index in [0.29, 0.717) is 0 Å². The fraction of sp³-hybridized carbons (Fsp3) is 0.727. The summed E-state index contributed by atoms with van der Waals surface area (Å²) in [6, 6.07) is -1.22. The number of unbranched alkanes of at least 4 members (excludes halogenated alkanes) is 1. The second-order valence-corrected chi connectivity index (χ2v) is 5.32. The van der Waals surface area contributed by atoms with Crippen LogP contribution in [0.4, 0.5) is 0 Å². The van der Waals surface area contributed by atoms with Gasteiger partial charge in [-0.05, 0) is 19.1 Å². The smallest absolute Gasteiger partial charge is 0.345 e. The molecule has 19 heavy (non-hydrogen) atoms. The Bertz CT molecular complexity index is 344. The maximum atomic E-state index is 11.5. The Kier molecular flexibility index (Phi) is 7.47. The van der Waals surface area contributed by atoms with Crippen LogP contribution in [-0.2, 0) is 14.4 Å². The van der Waals surface area contributed by atoms with Gasteiger partial charge in [0.1, 0.15) is 6.04 Å². The largest absolute Gasteiger partial charge is 0.480 e. The minimum Gasteiger partial charge on any atom is -0.480 e. The first-order valence-corrected chi connectivity index (χ1v) is 6.96. The average molecular weight is 293 g/mol. The number of carboxylic acids is 2. The third kappa shape index (κ3) is 5.93. The van der Waals surface area contributed by atoms with E-state index in [9.17, 15) is 19.5 Å². The molecule has 110 valence electrons. The molecule has 7 nitrogen and oxygen atoms in total. The molecule has 0 aliphatic rings. The van der Waals surface area contributed by atoms with Gasteiger partial charge in [-0.25, -0.2) is 9.59 Å². The van der Waals surface area contributed by atoms with Crippen LogP contribution in [0.2, 0.25) is 0 Å². The first-order chi connectivity index (χ1) is 8.73. The summed E-state index contributed by atoms with van der Waals surface area (Å²) in [6.45, 7) is 2.80. The molecule has 0 bridgehead atoms. The van der Waals surface area contributed by atoms with Crippen molar-refractivity contribution in [3.63, 3.8) is 0 Å². The van der Waals surface area contributed by atoms with Gasteiger partial charge in [0.15, 0.2) is 0 Å². The van der Waals surface area contributed by atoms with Crippen molar-refractivity contribution in [3.05, 3.63) is 0 Å². The molecule has 0 radical (unpaired) electrons. The molecule has 0 saturated carbocycles. The fourth-order valence-corrected chi connectivity index (χ4v) is 2.14. The van der Waals surface area contributed by atoms with Gasteiger partial charge in [0.25, 0.3) is 5.91 Å². The highest BCUT2D eigenvalue weighted by Gasteiger charge is 2.40. The number of carboxylic acid groups (broad SMARTS) is 2. The number of amides is 1. The van der Waals surface area contributed by atoms with E-state index in [1.165, 1.54) is 11.8 Å². The van der Waals surface area contributed by atoms with Crippen molar-refractivity contribution in [2.24, 2.45) is 0 Å². The van der Waals surface area contributed by atoms with Crippen LogP contribution in [0.15, 0.2) is 0 Å². The maximum Gasteiger partial charge on any atom is 0.345 e. The van der Waals surface area contributed by atoms with Gasteiger partial charge >= 0.3 is 11.9 Å². The minimum absolute atomic E-state index is 0.122. The van der Waals surface area contributed by atoms with Crippen molar-refractivity contribution in [3.8, 4) is 0 Å². The Balaban J connectivity index is 4.47. The zero-order valence-electron chi connectivity index (χ0n) is 10.9. The van der Waals surface area contributed by atoms with Gasteiger partial charge in [-0.2, -0.15) is 11.8 Å². The molecule has 0 aliphatic carbocycles. The quantitative estimate of drug-likeness (QED) is 0.346. The van der Waals surface area contributed by atoms with Gasteiger partial charge in [0.05, 0.1) is 0 Å². The van der Waals surface area contributed by atoms with E-state index < -0.39 is 29.5 Å². The molecule has 0 aromatic heterocycles. The number of hydrogen-bond acceptors (Lipinski definition) is 5. The normalized spacial score (nSPS) is 15.3. The molecule has 2 unspecified atom stereocenters. The van der Waals surface area contributed by atoms with Crippen molar-refractivity contribution < 1.29 is 29.7 Å². The van der Waals surface area contributed by atoms with Gasteiger partial charge in [0.2, 0.25) is 5.60 Å². The van der Waals surface area contributed by atoms with Crippen LogP contribution in [0.5, 0.6) is 0 Å². The van der Waals surface area contributed by atoms with Crippen molar-refractivity contribution in [2.45, 2.75) is 38.3 Å². The van der Waals surface area contributed by atoms with Gasteiger partial charge in [-0.3, -0.25) is 4.79 Å². The first-order valence-electron chi connectivity index (χ1n) is 5.80. The van der Waals surface area contributed by atoms with E-state index in [4.69, 9.17) is 10.2 Å². The molecule has 0 aromatic carbocycles. The number of nitrogens with one attached hydrogen (secondary N) is 1. The molecule has 4 N–H and O–H groups in total. The average Bonchev–Trinajstić information content (AvgIpc) is 2.32. The standard InChI is InChI=1S/C11H19NO6S/c1-3-4-5-19-6-7(8(13)14)12-9(15)11(2,18)10(16)17/h7,18H,3-6H2,1-2H3,(H,12,15)(H,13,14)(H,16,17). The van der Waals surface area contributed by atoms with Crippen LogP contribution >= 0.6 is 11.8 Å². The summed E-state index contributed by atoms with van der Waals surface area (Å²) in [4.78, 5) is 33.1. The van der Waals surface area contributed by atoms with Crippen LogP contribution in [0.1, 0.15) is 26.7 Å². The Morgan fingerprint density at radius 2 is 1.89 bits per heavy atom. The lowest BCUT2D eigenvalue weighted by Gasteiger charge is -2.20. The van der Waals surface area contributed by atoms with Crippen LogP contribution < -0.4 is 5.32 Å². The van der Waals surface area contributed by atoms with Crippen LogP contribution in [-0.4, -0.2) is 56.3 Å². The lowest BCUT2D eigenvalue weighted by molar-refractivity contribution is -0.165. The summed E-state index contributed by atoms with van der Waals surface area (Å²) in [6.07, 6.45) is 1.91. The third-order valence-corrected chi connectivity index (χ3v) is 3.54. The molecule has 1 amide bonds. The minimum atomic E-state index is -2.64. The van der Waals surface area contributed by atoms with Gasteiger partial charge in [-0.15, -0.1) is 0 Å². The number of hydrogen-bond donors (Lipinski definition) is 4. The molecule has 2 atom stereocenters. The Morgan fingerprint density at radius 1 is 1.32 bits per heavy atom. The molecular formula is C11H19NO6S. The van der Waals surface area contributed by atoms with Gasteiger partial charge in [-0.1, -0.05) is 13.3 Å². The highest BCUT2D eigenvalue weighted by molar-refractivity contribution is 7.99. The zero-order valence-corrected chi connectivity index (χ0v) is 11.7. The first kappa shape index (κ1) is 17.7. The Labute approximate surface area is 115 Å². The second-order valence-electron chi connectivity index (χ2n) is 4.17. The maximum absolute atomic E-state index is 11.5. The van der Waals surface area contributed by atoms with Crippen molar-refractivity contribution in [2.75, 3.05) is 11.5 Å². The van der Waals surface area contributed by atoms with E-state index in [-0.39, 0.29) is 5.75 Å². The number of thioether (sulfide) groups is 1. The zero-order chi connectivity index (χ0) is 15.1. The van der Waals surface area contributed by atoms with Crippen molar-refractivity contribution in [1.29, 1.82) is 0 Å². The van der Waals surface area contributed by atoms with Gasteiger partial charge in [0, 0.05) is 5.75 Å². The van der Waals surface area contributed by atoms with Crippen LogP contribution in [0, 0.1) is 0 Å². The highest BCUT2D eigenvalue weighted by atomic mass is 32.2. The number of aliphatic hydroxyl groups is 1. The summed E-state index contributed by atoms with van der Waals surface area (Å²) in [5, 5.41) is 29.0. The number of carbonyl (C=O) groups excluding carboxylic acids is 1. The molecule has 0 saturated heterocycles. The monoisotopic (exact) mass is 293 g/mol. The number of aliphatic carboxylic acids is 2.